The highest BCUT2D eigenvalue weighted by Crippen LogP contribution is 2.20. The predicted molar refractivity (Wildman–Crippen MR) is 84.7 cm³/mol. The molecule has 1 aromatic rings. The number of hydrogen-bond donors (Lipinski definition) is 1. The van der Waals surface area contributed by atoms with Gasteiger partial charge >= 0.3 is 0 Å². The number of nitro benzene ring substituents is 1. The maximum absolute atomic E-state index is 13.8. The first-order valence-electron chi connectivity index (χ1n) is 7.65. The molecule has 1 aliphatic rings. The monoisotopic (exact) mass is 310 g/mol. The first-order chi connectivity index (χ1) is 10.5. The lowest BCUT2D eigenvalue weighted by Crippen LogP contribution is -2.51. The largest absolute Gasteiger partial charge is 0.381 e. The molecule has 0 amide bonds. The summed E-state index contributed by atoms with van der Waals surface area (Å²) < 4.78 is 13.8. The second-order valence-corrected chi connectivity index (χ2v) is 5.62. The molecule has 0 radical (unpaired) electrons. The zero-order valence-corrected chi connectivity index (χ0v) is 13.1. The molecule has 22 heavy (non-hydrogen) atoms. The molecule has 0 aliphatic carbocycles. The fourth-order valence-electron chi connectivity index (χ4n) is 2.67. The first-order valence-corrected chi connectivity index (χ1v) is 7.65. The molecule has 1 unspecified atom stereocenters. The molecule has 0 spiro atoms. The Morgan fingerprint density at radius 2 is 2.05 bits per heavy atom. The molecule has 1 atom stereocenters. The molecular weight excluding hydrogens is 287 g/mol. The van der Waals surface area contributed by atoms with Gasteiger partial charge < -0.3 is 10.2 Å². The van der Waals surface area contributed by atoms with Crippen molar-refractivity contribution in [3.05, 3.63) is 34.1 Å². The number of nitrogens with zero attached hydrogens (tertiary/aromatic N) is 3. The van der Waals surface area contributed by atoms with Crippen LogP contribution in [0.4, 0.5) is 15.8 Å². The van der Waals surface area contributed by atoms with Crippen molar-refractivity contribution in [2.45, 2.75) is 19.9 Å². The van der Waals surface area contributed by atoms with Crippen molar-refractivity contribution in [1.82, 2.24) is 9.80 Å². The standard InChI is InChI=1S/C15H23FN4O2/c1-3-18-6-8-19(9-7-18)12(2)11-17-15-5-4-13(20(21)22)10-14(15)16/h4-5,10,12,17H,3,6-9,11H2,1-2H3. The molecule has 1 heterocycles. The fourth-order valence-corrected chi connectivity index (χ4v) is 2.67. The Labute approximate surface area is 130 Å². The Morgan fingerprint density at radius 3 is 2.59 bits per heavy atom. The van der Waals surface area contributed by atoms with Gasteiger partial charge in [0.15, 0.2) is 5.82 Å². The minimum Gasteiger partial charge on any atom is -0.381 e. The van der Waals surface area contributed by atoms with Gasteiger partial charge in [-0.25, -0.2) is 4.39 Å². The average molecular weight is 310 g/mol. The summed E-state index contributed by atoms with van der Waals surface area (Å²) in [5, 5.41) is 13.6. The van der Waals surface area contributed by atoms with Gasteiger partial charge in [-0.05, 0) is 19.5 Å². The second-order valence-electron chi connectivity index (χ2n) is 5.62. The molecule has 1 fully saturated rings. The molecule has 0 saturated carbocycles. The van der Waals surface area contributed by atoms with Crippen LogP contribution in [-0.4, -0.2) is 60.0 Å². The van der Waals surface area contributed by atoms with Crippen LogP contribution in [0.15, 0.2) is 18.2 Å². The molecule has 1 N–H and O–H groups in total. The third-order valence-electron chi connectivity index (χ3n) is 4.23. The quantitative estimate of drug-likeness (QED) is 0.644. The highest BCUT2D eigenvalue weighted by Gasteiger charge is 2.20. The molecule has 1 saturated heterocycles. The van der Waals surface area contributed by atoms with Crippen LogP contribution in [0.25, 0.3) is 0 Å². The van der Waals surface area contributed by atoms with Crippen LogP contribution in [0, 0.1) is 15.9 Å². The highest BCUT2D eigenvalue weighted by molar-refractivity contribution is 5.50. The number of likely N-dealkylation sites (N-methyl/N-ethyl adjacent to an activating group) is 1. The molecule has 122 valence electrons. The zero-order chi connectivity index (χ0) is 16.1. The van der Waals surface area contributed by atoms with Crippen LogP contribution < -0.4 is 5.32 Å². The SMILES string of the molecule is CCN1CCN(C(C)CNc2ccc([N+](=O)[O-])cc2F)CC1. The van der Waals surface area contributed by atoms with E-state index in [2.05, 4.69) is 29.0 Å². The number of non-ortho nitro benzene ring substituents is 1. The van der Waals surface area contributed by atoms with Gasteiger partial charge in [0.1, 0.15) is 0 Å². The maximum atomic E-state index is 13.8. The third-order valence-corrected chi connectivity index (χ3v) is 4.23. The number of hydrogen-bond acceptors (Lipinski definition) is 5. The Kier molecular flexibility index (Phi) is 5.68. The van der Waals surface area contributed by atoms with Crippen LogP contribution in [-0.2, 0) is 0 Å². The molecule has 0 aromatic heterocycles. The van der Waals surface area contributed by atoms with Crippen LogP contribution in [0.2, 0.25) is 0 Å². The molecule has 6 nitrogen and oxygen atoms in total. The molecule has 2 rings (SSSR count). The van der Waals surface area contributed by atoms with E-state index in [0.29, 0.717) is 12.2 Å². The third kappa shape index (κ3) is 4.14. The van der Waals surface area contributed by atoms with Crippen LogP contribution in [0.5, 0.6) is 0 Å². The summed E-state index contributed by atoms with van der Waals surface area (Å²) in [7, 11) is 0. The number of piperazine rings is 1. The van der Waals surface area contributed by atoms with Crippen molar-refractivity contribution >= 4 is 11.4 Å². The van der Waals surface area contributed by atoms with E-state index in [1.165, 1.54) is 12.1 Å². The lowest BCUT2D eigenvalue weighted by atomic mass is 10.2. The Morgan fingerprint density at radius 1 is 1.36 bits per heavy atom. The van der Waals surface area contributed by atoms with Crippen molar-refractivity contribution in [2.75, 3.05) is 44.6 Å². The van der Waals surface area contributed by atoms with Crippen molar-refractivity contribution in [3.8, 4) is 0 Å². The second kappa shape index (κ2) is 7.51. The minimum absolute atomic E-state index is 0.230. The first kappa shape index (κ1) is 16.6. The zero-order valence-electron chi connectivity index (χ0n) is 13.1. The minimum atomic E-state index is -0.595. The van der Waals surface area contributed by atoms with Crippen molar-refractivity contribution in [2.24, 2.45) is 0 Å². The number of anilines is 1. The summed E-state index contributed by atoms with van der Waals surface area (Å²) in [6, 6.07) is 3.98. The van der Waals surface area contributed by atoms with E-state index in [9.17, 15) is 14.5 Å². The van der Waals surface area contributed by atoms with Gasteiger partial charge in [-0.2, -0.15) is 0 Å². The highest BCUT2D eigenvalue weighted by atomic mass is 19.1. The summed E-state index contributed by atoms with van der Waals surface area (Å²) in [5.74, 6) is -0.586. The van der Waals surface area contributed by atoms with Crippen LogP contribution in [0.3, 0.4) is 0 Å². The van der Waals surface area contributed by atoms with Crippen molar-refractivity contribution in [1.29, 1.82) is 0 Å². The van der Waals surface area contributed by atoms with Gasteiger partial charge in [-0.1, -0.05) is 6.92 Å². The molecule has 1 aliphatic heterocycles. The number of halogens is 1. The molecule has 0 bridgehead atoms. The lowest BCUT2D eigenvalue weighted by molar-refractivity contribution is -0.385. The van der Waals surface area contributed by atoms with E-state index in [1.807, 2.05) is 0 Å². The summed E-state index contributed by atoms with van der Waals surface area (Å²) >= 11 is 0. The van der Waals surface area contributed by atoms with Crippen LogP contribution >= 0.6 is 0 Å². The Balaban J connectivity index is 1.86. The predicted octanol–water partition coefficient (Wildman–Crippen LogP) is 2.17. The lowest BCUT2D eigenvalue weighted by Gasteiger charge is -2.37. The van der Waals surface area contributed by atoms with E-state index in [4.69, 9.17) is 0 Å². The van der Waals surface area contributed by atoms with Gasteiger partial charge in [0.2, 0.25) is 0 Å². The number of nitro groups is 1. The van der Waals surface area contributed by atoms with Crippen molar-refractivity contribution < 1.29 is 9.31 Å². The number of rotatable bonds is 6. The van der Waals surface area contributed by atoms with E-state index in [-0.39, 0.29) is 11.7 Å². The Bertz CT molecular complexity index is 518. The summed E-state index contributed by atoms with van der Waals surface area (Å²) in [6.07, 6.45) is 0. The average Bonchev–Trinajstić information content (AvgIpc) is 2.53. The number of nitrogens with one attached hydrogen (secondary N) is 1. The fraction of sp³-hybridized carbons (Fsp3) is 0.600. The smallest absolute Gasteiger partial charge is 0.272 e. The topological polar surface area (TPSA) is 61.6 Å². The summed E-state index contributed by atoms with van der Waals surface area (Å²) in [6.45, 7) is 10.1. The van der Waals surface area contributed by atoms with Gasteiger partial charge in [0, 0.05) is 44.8 Å². The van der Waals surface area contributed by atoms with Gasteiger partial charge in [-0.15, -0.1) is 0 Å². The van der Waals surface area contributed by atoms with Crippen LogP contribution in [0.1, 0.15) is 13.8 Å². The maximum Gasteiger partial charge on any atom is 0.272 e. The van der Waals surface area contributed by atoms with E-state index < -0.39 is 10.7 Å². The van der Waals surface area contributed by atoms with Gasteiger partial charge in [-0.3, -0.25) is 15.0 Å². The van der Waals surface area contributed by atoms with E-state index >= 15 is 0 Å². The molecular formula is C15H23FN4O2. The van der Waals surface area contributed by atoms with Crippen molar-refractivity contribution in [3.63, 3.8) is 0 Å². The summed E-state index contributed by atoms with van der Waals surface area (Å²) in [4.78, 5) is 14.8. The molecule has 7 heteroatoms. The van der Waals surface area contributed by atoms with Gasteiger partial charge in [0.05, 0.1) is 16.7 Å². The number of benzene rings is 1. The normalized spacial score (nSPS) is 18.1. The summed E-state index contributed by atoms with van der Waals surface area (Å²) in [5.41, 5.74) is 0.0800. The molecule has 1 aromatic carbocycles. The van der Waals surface area contributed by atoms with Gasteiger partial charge in [0.25, 0.3) is 5.69 Å². The van der Waals surface area contributed by atoms with E-state index in [0.717, 1.165) is 38.8 Å². The van der Waals surface area contributed by atoms with E-state index in [1.54, 1.807) is 0 Å². The Hall–Kier alpha value is -1.73.